The first kappa shape index (κ1) is 25.0. The van der Waals surface area contributed by atoms with Gasteiger partial charge in [0.1, 0.15) is 5.92 Å². The number of hydrogen-bond acceptors (Lipinski definition) is 2. The van der Waals surface area contributed by atoms with E-state index in [2.05, 4.69) is 92.2 Å². The van der Waals surface area contributed by atoms with Gasteiger partial charge in [-0.2, -0.15) is 0 Å². The summed E-state index contributed by atoms with van der Waals surface area (Å²) >= 11 is 5.66. The monoisotopic (exact) mass is 570 g/mol. The Morgan fingerprint density at radius 1 is 1.06 bits per heavy atom. The first-order valence-corrected chi connectivity index (χ1v) is 14.3. The second-order valence-electron chi connectivity index (χ2n) is 10.3. The van der Waals surface area contributed by atoms with Crippen molar-refractivity contribution in [3.05, 3.63) is 92.1 Å². The quantitative estimate of drug-likeness (QED) is 0.515. The van der Waals surface area contributed by atoms with Gasteiger partial charge in [0.05, 0.1) is 24.5 Å². The first-order valence-electron chi connectivity index (χ1n) is 12.7. The molecule has 0 saturated carbocycles. The predicted octanol–water partition coefficient (Wildman–Crippen LogP) is 2.43. The van der Waals surface area contributed by atoms with Crippen LogP contribution in [0.3, 0.4) is 0 Å². The first-order chi connectivity index (χ1) is 16.7. The molecule has 2 N–H and O–H groups in total. The SMILES string of the molecule is O=C([C@@H]1C[NH2+]C[C@]12CCCc1c(Br)csc12)N1CC[C@@H](c2ccccc2)C[C@H]1c1ccccc1.[Cl-]. The number of amides is 1. The van der Waals surface area contributed by atoms with E-state index in [1.54, 1.807) is 0 Å². The Morgan fingerprint density at radius 2 is 1.77 bits per heavy atom. The van der Waals surface area contributed by atoms with E-state index in [1.807, 2.05) is 11.3 Å². The van der Waals surface area contributed by atoms with Gasteiger partial charge in [0, 0.05) is 21.3 Å². The number of nitrogens with two attached hydrogens (primary N) is 1. The Labute approximate surface area is 226 Å². The summed E-state index contributed by atoms with van der Waals surface area (Å²) in [5.74, 6) is 0.942. The fourth-order valence-electron chi connectivity index (χ4n) is 6.89. The van der Waals surface area contributed by atoms with Gasteiger partial charge in [-0.15, -0.1) is 11.3 Å². The molecule has 35 heavy (non-hydrogen) atoms. The molecule has 1 aromatic heterocycles. The molecule has 0 bridgehead atoms. The highest BCUT2D eigenvalue weighted by atomic mass is 79.9. The van der Waals surface area contributed by atoms with Gasteiger partial charge in [-0.1, -0.05) is 60.7 Å². The van der Waals surface area contributed by atoms with E-state index in [1.165, 1.54) is 32.5 Å². The highest BCUT2D eigenvalue weighted by molar-refractivity contribution is 9.10. The molecule has 3 aromatic rings. The number of benzene rings is 2. The molecule has 2 aromatic carbocycles. The Morgan fingerprint density at radius 3 is 2.51 bits per heavy atom. The predicted molar refractivity (Wildman–Crippen MR) is 141 cm³/mol. The number of nitrogens with zero attached hydrogens (tertiary/aromatic N) is 1. The van der Waals surface area contributed by atoms with Crippen molar-refractivity contribution in [3.8, 4) is 0 Å². The average molecular weight is 572 g/mol. The van der Waals surface area contributed by atoms with Crippen LogP contribution in [0.25, 0.3) is 0 Å². The third kappa shape index (κ3) is 4.39. The molecular formula is C29H32BrClN2OS. The van der Waals surface area contributed by atoms with Gasteiger partial charge in [-0.3, -0.25) is 4.79 Å². The number of fused-ring (bicyclic) bond motifs is 2. The topological polar surface area (TPSA) is 36.9 Å². The van der Waals surface area contributed by atoms with Crippen molar-refractivity contribution in [1.82, 2.24) is 4.90 Å². The Bertz CT molecular complexity index is 1170. The van der Waals surface area contributed by atoms with Crippen molar-refractivity contribution in [2.45, 2.75) is 49.5 Å². The third-order valence-corrected chi connectivity index (χ3v) is 10.8. The van der Waals surface area contributed by atoms with Crippen LogP contribution >= 0.6 is 27.3 Å². The number of rotatable bonds is 3. The van der Waals surface area contributed by atoms with Gasteiger partial charge < -0.3 is 22.6 Å². The summed E-state index contributed by atoms with van der Waals surface area (Å²) < 4.78 is 1.25. The number of thiophene rings is 1. The van der Waals surface area contributed by atoms with E-state index in [0.717, 1.165) is 45.3 Å². The second-order valence-corrected chi connectivity index (χ2v) is 12.0. The molecule has 2 aliphatic heterocycles. The molecule has 0 unspecified atom stereocenters. The molecule has 1 amide bonds. The lowest BCUT2D eigenvalue weighted by Gasteiger charge is -2.43. The van der Waals surface area contributed by atoms with Crippen molar-refractivity contribution < 1.29 is 22.5 Å². The zero-order valence-electron chi connectivity index (χ0n) is 19.8. The zero-order valence-corrected chi connectivity index (χ0v) is 23.0. The summed E-state index contributed by atoms with van der Waals surface area (Å²) in [7, 11) is 0. The standard InChI is InChI=1S/C29H31BrN2OS.ClH/c30-25-18-34-27-23(25)12-7-14-29(27)19-31-17-24(29)28(33)32-15-13-22(20-8-3-1-4-9-20)16-26(32)21-10-5-2-6-11-21;/h1-6,8-11,18,22,24,26,31H,7,12-17,19H2;1H/t22-,24+,26+,29-;/m1./s1. The van der Waals surface area contributed by atoms with Crippen molar-refractivity contribution in [2.75, 3.05) is 19.6 Å². The number of quaternary nitrogens is 1. The minimum Gasteiger partial charge on any atom is -1.00 e. The van der Waals surface area contributed by atoms with Gasteiger partial charge >= 0.3 is 0 Å². The molecule has 2 saturated heterocycles. The third-order valence-electron chi connectivity index (χ3n) is 8.56. The van der Waals surface area contributed by atoms with E-state index in [0.29, 0.717) is 11.8 Å². The van der Waals surface area contributed by atoms with E-state index >= 15 is 0 Å². The van der Waals surface area contributed by atoms with Crippen LogP contribution in [-0.2, 0) is 16.6 Å². The highest BCUT2D eigenvalue weighted by Gasteiger charge is 2.55. The Balaban J connectivity index is 0.00000253. The van der Waals surface area contributed by atoms with Crippen LogP contribution in [-0.4, -0.2) is 30.4 Å². The molecular weight excluding hydrogens is 540 g/mol. The zero-order chi connectivity index (χ0) is 23.1. The van der Waals surface area contributed by atoms with E-state index in [-0.39, 0.29) is 29.8 Å². The number of carbonyl (C=O) groups is 1. The maximum atomic E-state index is 14.4. The molecule has 3 aliphatic rings. The van der Waals surface area contributed by atoms with Gasteiger partial charge in [-0.25, -0.2) is 0 Å². The molecule has 2 fully saturated rings. The van der Waals surface area contributed by atoms with E-state index in [4.69, 9.17) is 0 Å². The average Bonchev–Trinajstić information content (AvgIpc) is 3.49. The van der Waals surface area contributed by atoms with Gasteiger partial charge in [0.15, 0.2) is 0 Å². The lowest BCUT2D eigenvalue weighted by molar-refractivity contribution is -0.640. The number of likely N-dealkylation sites (tertiary alicyclic amines) is 1. The number of halogens is 2. The van der Waals surface area contributed by atoms with Crippen LogP contribution in [0, 0.1) is 5.92 Å². The number of carbonyl (C=O) groups excluding carboxylic acids is 1. The number of hydrogen-bond donors (Lipinski definition) is 1. The van der Waals surface area contributed by atoms with Crippen molar-refractivity contribution >= 4 is 33.2 Å². The largest absolute Gasteiger partial charge is 1.00 e. The molecule has 0 radical (unpaired) electrons. The molecule has 3 nitrogen and oxygen atoms in total. The summed E-state index contributed by atoms with van der Waals surface area (Å²) in [4.78, 5) is 18.2. The smallest absolute Gasteiger partial charge is 0.233 e. The molecule has 1 aliphatic carbocycles. The fraction of sp³-hybridized carbons (Fsp3) is 0.414. The van der Waals surface area contributed by atoms with Crippen molar-refractivity contribution in [3.63, 3.8) is 0 Å². The summed E-state index contributed by atoms with van der Waals surface area (Å²) in [6, 6.07) is 21.8. The van der Waals surface area contributed by atoms with Crippen LogP contribution in [0.2, 0.25) is 0 Å². The van der Waals surface area contributed by atoms with Crippen molar-refractivity contribution in [1.29, 1.82) is 0 Å². The fourth-order valence-corrected chi connectivity index (χ4v) is 8.98. The van der Waals surface area contributed by atoms with E-state index < -0.39 is 0 Å². The number of piperidine rings is 1. The lowest BCUT2D eigenvalue weighted by atomic mass is 9.68. The van der Waals surface area contributed by atoms with Crippen LogP contribution in [0.4, 0.5) is 0 Å². The van der Waals surface area contributed by atoms with Crippen LogP contribution in [0.15, 0.2) is 70.5 Å². The lowest BCUT2D eigenvalue weighted by Crippen LogP contribution is -3.00. The minimum absolute atomic E-state index is 0. The minimum atomic E-state index is -0.00112. The highest BCUT2D eigenvalue weighted by Crippen LogP contribution is 2.50. The molecule has 1 spiro atoms. The summed E-state index contributed by atoms with van der Waals surface area (Å²) in [5.41, 5.74) is 4.14. The van der Waals surface area contributed by atoms with Crippen LogP contribution in [0.5, 0.6) is 0 Å². The van der Waals surface area contributed by atoms with Crippen LogP contribution in [0.1, 0.15) is 59.2 Å². The maximum Gasteiger partial charge on any atom is 0.233 e. The summed E-state index contributed by atoms with van der Waals surface area (Å²) in [6.45, 7) is 2.79. The van der Waals surface area contributed by atoms with E-state index in [9.17, 15) is 4.79 Å². The normalized spacial score (nSPS) is 27.9. The summed E-state index contributed by atoms with van der Waals surface area (Å²) in [6.07, 6.45) is 5.49. The molecule has 184 valence electrons. The second kappa shape index (κ2) is 10.4. The van der Waals surface area contributed by atoms with Crippen LogP contribution < -0.4 is 17.7 Å². The molecule has 4 atom stereocenters. The van der Waals surface area contributed by atoms with Crippen molar-refractivity contribution in [2.24, 2.45) is 5.92 Å². The Kier molecular flexibility index (Phi) is 7.41. The maximum absolute atomic E-state index is 14.4. The van der Waals surface area contributed by atoms with Gasteiger partial charge in [0.2, 0.25) is 5.91 Å². The molecule has 3 heterocycles. The Hall–Kier alpha value is -1.66. The van der Waals surface area contributed by atoms with Gasteiger partial charge in [-0.05, 0) is 70.6 Å². The molecule has 6 rings (SSSR count). The van der Waals surface area contributed by atoms with Gasteiger partial charge in [0.25, 0.3) is 0 Å². The summed E-state index contributed by atoms with van der Waals surface area (Å²) in [5, 5.41) is 4.65. The molecule has 6 heteroatoms.